The van der Waals surface area contributed by atoms with Crippen LogP contribution in [0, 0.1) is 48.9 Å². The molecule has 0 N–H and O–H groups in total. The summed E-state index contributed by atoms with van der Waals surface area (Å²) in [6, 6.07) is 17.6. The molecule has 0 bridgehead atoms. The highest BCUT2D eigenvalue weighted by molar-refractivity contribution is 14.1. The van der Waals surface area contributed by atoms with Gasteiger partial charge in [0, 0.05) is 56.3 Å². The van der Waals surface area contributed by atoms with Crippen LogP contribution in [0.1, 0.15) is 33.4 Å². The highest BCUT2D eigenvalue weighted by atomic mass is 127. The zero-order chi connectivity index (χ0) is 27.5. The third-order valence-corrected chi connectivity index (χ3v) is 8.90. The lowest BCUT2D eigenvalue weighted by Gasteiger charge is -2.06. The predicted octanol–water partition coefficient (Wildman–Crippen LogP) is 6.10. The summed E-state index contributed by atoms with van der Waals surface area (Å²) in [5.74, 6) is 0. The summed E-state index contributed by atoms with van der Waals surface area (Å²) in [7, 11) is 4.04. The normalized spacial score (nSPS) is 11.4. The van der Waals surface area contributed by atoms with Gasteiger partial charge in [-0.3, -0.25) is 0 Å². The van der Waals surface area contributed by atoms with Gasteiger partial charge in [-0.25, -0.2) is 0 Å². The fourth-order valence-corrected chi connectivity index (χ4v) is 7.62. The number of nitrogens with zero attached hydrogens (tertiary/aromatic N) is 6. The van der Waals surface area contributed by atoms with Crippen molar-refractivity contribution in [2.75, 3.05) is 0 Å². The van der Waals surface area contributed by atoms with Gasteiger partial charge in [-0.15, -0.1) is 9.36 Å². The van der Waals surface area contributed by atoms with Crippen LogP contribution in [0.3, 0.4) is 0 Å². The molecule has 0 radical (unpaired) electrons. The van der Waals surface area contributed by atoms with Crippen molar-refractivity contribution in [2.24, 2.45) is 14.1 Å². The second-order valence-corrected chi connectivity index (χ2v) is 12.2. The highest BCUT2D eigenvalue weighted by Crippen LogP contribution is 2.32. The van der Waals surface area contributed by atoms with Crippen molar-refractivity contribution in [3.8, 4) is 33.9 Å². The van der Waals surface area contributed by atoms with Gasteiger partial charge in [-0.1, -0.05) is 63.0 Å². The summed E-state index contributed by atoms with van der Waals surface area (Å²) in [6.45, 7) is 12.9. The van der Waals surface area contributed by atoms with Crippen molar-refractivity contribution < 1.29 is 9.36 Å². The van der Waals surface area contributed by atoms with Gasteiger partial charge in [0.15, 0.2) is 11.4 Å². The zero-order valence-corrected chi connectivity index (χ0v) is 27.4. The van der Waals surface area contributed by atoms with Crippen LogP contribution in [0.2, 0.25) is 0 Å². The van der Waals surface area contributed by atoms with Gasteiger partial charge in [-0.2, -0.15) is 0 Å². The van der Waals surface area contributed by atoms with Crippen molar-refractivity contribution in [3.63, 3.8) is 0 Å². The number of benzene rings is 3. The smallest absolute Gasteiger partial charge is 0.131 e. The summed E-state index contributed by atoms with van der Waals surface area (Å²) in [5.41, 5.74) is 14.1. The molecular formula is C30H32I2N6+2. The Hall–Kier alpha value is -2.60. The van der Waals surface area contributed by atoms with Gasteiger partial charge < -0.3 is 0 Å². The van der Waals surface area contributed by atoms with E-state index in [1.807, 2.05) is 23.5 Å². The standard InChI is InChI=1S/C30H32I2N6/c1-17-12-19(3)25(20(4)13-17)37-29(31)27(35(7)33-37)23-10-9-11-24(16-23)28-30(32)38(34-36(28)8)26-21(5)14-18(2)15-22(26)6/h9-16H,1-8H3/q+2. The molecule has 2 aromatic heterocycles. The molecule has 6 nitrogen and oxygen atoms in total. The Bertz CT molecular complexity index is 1560. The lowest BCUT2D eigenvalue weighted by atomic mass is 10.0. The average molecular weight is 730 g/mol. The predicted molar refractivity (Wildman–Crippen MR) is 168 cm³/mol. The van der Waals surface area contributed by atoms with E-state index in [1.165, 1.54) is 33.4 Å². The number of rotatable bonds is 4. The van der Waals surface area contributed by atoms with Crippen LogP contribution in [-0.4, -0.2) is 19.8 Å². The van der Waals surface area contributed by atoms with Gasteiger partial charge in [0.05, 0.1) is 10.4 Å². The molecule has 0 saturated heterocycles. The van der Waals surface area contributed by atoms with Crippen molar-refractivity contribution in [3.05, 3.63) is 89.3 Å². The van der Waals surface area contributed by atoms with Gasteiger partial charge in [0.25, 0.3) is 0 Å². The Balaban J connectivity index is 1.63. The number of halogens is 2. The lowest BCUT2D eigenvalue weighted by Crippen LogP contribution is -2.34. The second kappa shape index (κ2) is 10.2. The quantitative estimate of drug-likeness (QED) is 0.166. The Labute approximate surface area is 251 Å². The highest BCUT2D eigenvalue weighted by Gasteiger charge is 2.30. The third-order valence-electron chi connectivity index (χ3n) is 6.96. The van der Waals surface area contributed by atoms with Gasteiger partial charge >= 0.3 is 0 Å². The first-order chi connectivity index (χ1) is 18.0. The molecule has 0 unspecified atom stereocenters. The van der Waals surface area contributed by atoms with Crippen LogP contribution in [0.25, 0.3) is 33.9 Å². The number of aromatic nitrogens is 6. The van der Waals surface area contributed by atoms with E-state index in [2.05, 4.69) is 145 Å². The van der Waals surface area contributed by atoms with Crippen molar-refractivity contribution in [2.45, 2.75) is 41.5 Å². The van der Waals surface area contributed by atoms with Crippen LogP contribution < -0.4 is 9.36 Å². The number of hydrogen-bond donors (Lipinski definition) is 0. The molecule has 5 rings (SSSR count). The second-order valence-electron chi connectivity index (χ2n) is 10.2. The largest absolute Gasteiger partial charge is 0.241 e. The van der Waals surface area contributed by atoms with Crippen LogP contribution >= 0.6 is 45.2 Å². The number of hydrogen-bond acceptors (Lipinski definition) is 2. The monoisotopic (exact) mass is 730 g/mol. The molecule has 3 aromatic carbocycles. The summed E-state index contributed by atoms with van der Waals surface area (Å²) in [5, 5.41) is 9.84. The SMILES string of the molecule is Cc1cc(C)c(-n2n[n+](C)c(-c3cccc(-c4c(I)n(-c5c(C)cc(C)cc5C)n[n+]4C)c3)c2I)c(C)c1. The Kier molecular flexibility index (Phi) is 7.23. The minimum atomic E-state index is 1.08. The summed E-state index contributed by atoms with van der Waals surface area (Å²) in [4.78, 5) is 0. The van der Waals surface area contributed by atoms with E-state index in [-0.39, 0.29) is 0 Å². The summed E-state index contributed by atoms with van der Waals surface area (Å²) < 4.78 is 10.3. The van der Waals surface area contributed by atoms with E-state index >= 15 is 0 Å². The van der Waals surface area contributed by atoms with E-state index in [0.29, 0.717) is 0 Å². The van der Waals surface area contributed by atoms with Crippen LogP contribution in [0.4, 0.5) is 0 Å². The molecule has 38 heavy (non-hydrogen) atoms. The molecule has 0 spiro atoms. The van der Waals surface area contributed by atoms with Crippen molar-refractivity contribution in [1.29, 1.82) is 0 Å². The third kappa shape index (κ3) is 4.59. The molecule has 0 amide bonds. The molecule has 0 aliphatic carbocycles. The van der Waals surface area contributed by atoms with E-state index < -0.39 is 0 Å². The van der Waals surface area contributed by atoms with Gasteiger partial charge in [-0.05, 0) is 69.9 Å². The molecule has 8 heteroatoms. The van der Waals surface area contributed by atoms with E-state index in [0.717, 1.165) is 41.3 Å². The maximum absolute atomic E-state index is 4.92. The topological polar surface area (TPSA) is 43.4 Å². The Morgan fingerprint density at radius 3 is 1.26 bits per heavy atom. The Morgan fingerprint density at radius 1 is 0.579 bits per heavy atom. The van der Waals surface area contributed by atoms with Crippen LogP contribution in [0.15, 0.2) is 48.5 Å². The molecule has 0 aliphatic rings. The van der Waals surface area contributed by atoms with Gasteiger partial charge in [0.2, 0.25) is 18.8 Å². The molecule has 194 valence electrons. The van der Waals surface area contributed by atoms with Crippen molar-refractivity contribution >= 4 is 45.2 Å². The molecule has 0 fully saturated rings. The molecule has 2 heterocycles. The van der Waals surface area contributed by atoms with E-state index in [9.17, 15) is 0 Å². The lowest BCUT2D eigenvalue weighted by molar-refractivity contribution is -0.722. The molecule has 0 aliphatic heterocycles. The van der Waals surface area contributed by atoms with Crippen LogP contribution in [0.5, 0.6) is 0 Å². The minimum Gasteiger partial charge on any atom is -0.131 e. The van der Waals surface area contributed by atoms with E-state index in [4.69, 9.17) is 10.4 Å². The maximum atomic E-state index is 4.92. The van der Waals surface area contributed by atoms with Gasteiger partial charge in [0.1, 0.15) is 14.1 Å². The number of aryl methyl sites for hydroxylation is 8. The fraction of sp³-hybridized carbons (Fsp3) is 0.267. The summed E-state index contributed by atoms with van der Waals surface area (Å²) in [6.07, 6.45) is 0. The fourth-order valence-electron chi connectivity index (χ4n) is 5.63. The van der Waals surface area contributed by atoms with E-state index in [1.54, 1.807) is 0 Å². The van der Waals surface area contributed by atoms with Crippen LogP contribution in [-0.2, 0) is 14.1 Å². The molecular weight excluding hydrogens is 698 g/mol. The molecule has 0 atom stereocenters. The Morgan fingerprint density at radius 2 is 0.921 bits per heavy atom. The molecule has 5 aromatic rings. The van der Waals surface area contributed by atoms with Crippen molar-refractivity contribution in [1.82, 2.24) is 19.8 Å². The molecule has 0 saturated carbocycles. The first kappa shape index (κ1) is 27.0. The zero-order valence-electron chi connectivity index (χ0n) is 23.1. The first-order valence-electron chi connectivity index (χ1n) is 12.5. The minimum absolute atomic E-state index is 1.08. The average Bonchev–Trinajstić information content (AvgIpc) is 3.26. The summed E-state index contributed by atoms with van der Waals surface area (Å²) >= 11 is 4.86. The first-order valence-corrected chi connectivity index (χ1v) is 14.7. The maximum Gasteiger partial charge on any atom is 0.241 e.